The quantitative estimate of drug-likeness (QED) is 0.750. The summed E-state index contributed by atoms with van der Waals surface area (Å²) in [5.74, 6) is 0.281. The van der Waals surface area contributed by atoms with Gasteiger partial charge in [-0.25, -0.2) is 8.42 Å². The summed E-state index contributed by atoms with van der Waals surface area (Å²) >= 11 is 6.70. The van der Waals surface area contributed by atoms with Gasteiger partial charge in [-0.1, -0.05) is 6.42 Å². The molecule has 118 valence electrons. The number of benzene rings is 1. The van der Waals surface area contributed by atoms with Crippen molar-refractivity contribution in [3.63, 3.8) is 0 Å². The molecular formula is C17H25ClO2S. The third-order valence-electron chi connectivity index (χ3n) is 5.29. The van der Waals surface area contributed by atoms with Gasteiger partial charge in [-0.3, -0.25) is 0 Å². The van der Waals surface area contributed by atoms with Crippen molar-refractivity contribution in [3.05, 3.63) is 33.4 Å². The van der Waals surface area contributed by atoms with E-state index in [2.05, 4.69) is 34.6 Å². The lowest BCUT2D eigenvalue weighted by Gasteiger charge is -2.30. The molecule has 1 aliphatic rings. The predicted molar refractivity (Wildman–Crippen MR) is 90.1 cm³/mol. The minimum atomic E-state index is -3.07. The van der Waals surface area contributed by atoms with Gasteiger partial charge in [0.05, 0.1) is 16.4 Å². The number of hydrogen-bond acceptors (Lipinski definition) is 2. The van der Waals surface area contributed by atoms with E-state index in [1.54, 1.807) is 0 Å². The summed E-state index contributed by atoms with van der Waals surface area (Å²) in [6.45, 7) is 10.4. The van der Waals surface area contributed by atoms with Crippen LogP contribution in [0.4, 0.5) is 0 Å². The average Bonchev–Trinajstić information content (AvgIpc) is 2.42. The maximum absolute atomic E-state index is 12.4. The molecule has 1 heterocycles. The molecule has 0 spiro atoms. The number of halogens is 1. The zero-order valence-electron chi connectivity index (χ0n) is 13.6. The first-order valence-corrected chi connectivity index (χ1v) is 9.76. The van der Waals surface area contributed by atoms with Crippen LogP contribution in [-0.2, 0) is 9.84 Å². The highest BCUT2D eigenvalue weighted by atomic mass is 35.5. The molecule has 1 aromatic rings. The molecule has 2 nitrogen and oxygen atoms in total. The molecule has 2 atom stereocenters. The number of rotatable bonds is 2. The van der Waals surface area contributed by atoms with E-state index < -0.39 is 20.5 Å². The minimum absolute atomic E-state index is 0.281. The first-order valence-electron chi connectivity index (χ1n) is 7.61. The molecular weight excluding hydrogens is 304 g/mol. The van der Waals surface area contributed by atoms with Gasteiger partial charge in [-0.2, -0.15) is 0 Å². The van der Waals surface area contributed by atoms with Gasteiger partial charge in [-0.05, 0) is 80.8 Å². The van der Waals surface area contributed by atoms with Crippen LogP contribution in [0.3, 0.4) is 0 Å². The number of sulfone groups is 1. The molecule has 2 unspecified atom stereocenters. The fourth-order valence-corrected chi connectivity index (χ4v) is 6.30. The van der Waals surface area contributed by atoms with Crippen molar-refractivity contribution in [2.45, 2.75) is 64.5 Å². The van der Waals surface area contributed by atoms with E-state index in [1.165, 1.54) is 16.7 Å². The summed E-state index contributed by atoms with van der Waals surface area (Å²) in [5, 5.41) is -0.875. The Bertz CT molecular complexity index is 633. The normalized spacial score (nSPS) is 23.0. The van der Waals surface area contributed by atoms with Crippen LogP contribution in [0, 0.1) is 34.6 Å². The minimum Gasteiger partial charge on any atom is -0.228 e. The highest BCUT2D eigenvalue weighted by Crippen LogP contribution is 2.40. The first kappa shape index (κ1) is 16.8. The Balaban J connectivity index is 2.56. The molecule has 0 amide bonds. The van der Waals surface area contributed by atoms with Crippen molar-refractivity contribution >= 4 is 21.4 Å². The van der Waals surface area contributed by atoms with E-state index in [4.69, 9.17) is 11.6 Å². The van der Waals surface area contributed by atoms with Gasteiger partial charge in [0.25, 0.3) is 0 Å². The highest BCUT2D eigenvalue weighted by Gasteiger charge is 2.37. The Morgan fingerprint density at radius 3 is 1.86 bits per heavy atom. The maximum Gasteiger partial charge on any atom is 0.154 e. The van der Waals surface area contributed by atoms with Gasteiger partial charge in [0, 0.05) is 0 Å². The Kier molecular flexibility index (Phi) is 4.75. The SMILES string of the molecule is Cc1c(C)c(C)c(C(Cl)C2CCCCS2(=O)=O)c(C)c1C. The van der Waals surface area contributed by atoms with Gasteiger partial charge >= 0.3 is 0 Å². The van der Waals surface area contributed by atoms with Gasteiger partial charge in [-0.15, -0.1) is 11.6 Å². The van der Waals surface area contributed by atoms with Crippen LogP contribution in [-0.4, -0.2) is 19.4 Å². The highest BCUT2D eigenvalue weighted by molar-refractivity contribution is 7.92. The van der Waals surface area contributed by atoms with Crippen LogP contribution >= 0.6 is 11.6 Å². The Labute approximate surface area is 133 Å². The van der Waals surface area contributed by atoms with E-state index in [1.807, 2.05) is 0 Å². The molecule has 21 heavy (non-hydrogen) atoms. The fraction of sp³-hybridized carbons (Fsp3) is 0.647. The lowest BCUT2D eigenvalue weighted by Crippen LogP contribution is -2.32. The Morgan fingerprint density at radius 2 is 1.38 bits per heavy atom. The fourth-order valence-electron chi connectivity index (χ4n) is 3.44. The van der Waals surface area contributed by atoms with Crippen molar-refractivity contribution in [2.24, 2.45) is 0 Å². The summed E-state index contributed by atoms with van der Waals surface area (Å²) in [5.41, 5.74) is 7.07. The van der Waals surface area contributed by atoms with Gasteiger partial charge in [0.15, 0.2) is 9.84 Å². The van der Waals surface area contributed by atoms with E-state index in [9.17, 15) is 8.42 Å². The topological polar surface area (TPSA) is 34.1 Å². The van der Waals surface area contributed by atoms with E-state index >= 15 is 0 Å². The average molecular weight is 329 g/mol. The summed E-state index contributed by atoms with van der Waals surface area (Å²) < 4.78 is 24.7. The number of hydrogen-bond donors (Lipinski definition) is 0. The van der Waals surface area contributed by atoms with Gasteiger partial charge in [0.2, 0.25) is 0 Å². The zero-order chi connectivity index (χ0) is 15.9. The van der Waals surface area contributed by atoms with Crippen LogP contribution in [0.5, 0.6) is 0 Å². The van der Waals surface area contributed by atoms with Gasteiger partial charge in [0.1, 0.15) is 0 Å². The first-order chi connectivity index (χ1) is 9.68. The van der Waals surface area contributed by atoms with E-state index in [0.29, 0.717) is 6.42 Å². The standard InChI is InChI=1S/C17H25ClO2S/c1-10-11(2)13(4)16(14(5)12(10)3)17(18)15-8-6-7-9-21(15,19)20/h15,17H,6-9H2,1-5H3. The van der Waals surface area contributed by atoms with Crippen LogP contribution in [0.2, 0.25) is 0 Å². The lowest BCUT2D eigenvalue weighted by atomic mass is 9.87. The summed E-state index contributed by atoms with van der Waals surface area (Å²) in [7, 11) is -3.07. The third kappa shape index (κ3) is 2.87. The van der Waals surface area contributed by atoms with Crippen LogP contribution in [0.25, 0.3) is 0 Å². The van der Waals surface area contributed by atoms with E-state index in [-0.39, 0.29) is 5.75 Å². The molecule has 4 heteroatoms. The monoisotopic (exact) mass is 328 g/mol. The van der Waals surface area contributed by atoms with Gasteiger partial charge < -0.3 is 0 Å². The summed E-state index contributed by atoms with van der Waals surface area (Å²) in [6, 6.07) is 0. The molecule has 0 aromatic heterocycles. The van der Waals surface area contributed by atoms with Crippen molar-refractivity contribution in [2.75, 3.05) is 5.75 Å². The second kappa shape index (κ2) is 5.92. The molecule has 0 bridgehead atoms. The largest absolute Gasteiger partial charge is 0.228 e. The Hall–Kier alpha value is -0.540. The second-order valence-electron chi connectivity index (χ2n) is 6.34. The molecule has 2 rings (SSSR count). The smallest absolute Gasteiger partial charge is 0.154 e. The Morgan fingerprint density at radius 1 is 0.905 bits per heavy atom. The van der Waals surface area contributed by atoms with Crippen LogP contribution in [0.15, 0.2) is 0 Å². The van der Waals surface area contributed by atoms with Crippen molar-refractivity contribution in [1.29, 1.82) is 0 Å². The zero-order valence-corrected chi connectivity index (χ0v) is 15.2. The molecule has 0 radical (unpaired) electrons. The van der Waals surface area contributed by atoms with E-state index in [0.717, 1.165) is 29.5 Å². The lowest BCUT2D eigenvalue weighted by molar-refractivity contribution is 0.533. The molecule has 1 aromatic carbocycles. The predicted octanol–water partition coefficient (Wildman–Crippen LogP) is 4.48. The molecule has 1 saturated heterocycles. The second-order valence-corrected chi connectivity index (χ2v) is 9.15. The third-order valence-corrected chi connectivity index (χ3v) is 8.25. The molecule has 1 fully saturated rings. The maximum atomic E-state index is 12.4. The van der Waals surface area contributed by atoms with Crippen molar-refractivity contribution in [1.82, 2.24) is 0 Å². The van der Waals surface area contributed by atoms with Crippen molar-refractivity contribution in [3.8, 4) is 0 Å². The van der Waals surface area contributed by atoms with Crippen molar-refractivity contribution < 1.29 is 8.42 Å². The summed E-state index contributed by atoms with van der Waals surface area (Å²) in [6.07, 6.45) is 2.41. The van der Waals surface area contributed by atoms with Crippen LogP contribution in [0.1, 0.15) is 58.0 Å². The summed E-state index contributed by atoms with van der Waals surface area (Å²) in [4.78, 5) is 0. The number of alkyl halides is 1. The molecule has 0 saturated carbocycles. The molecule has 0 N–H and O–H groups in total. The molecule has 1 aliphatic heterocycles. The van der Waals surface area contributed by atoms with Crippen LogP contribution < -0.4 is 0 Å². The molecule has 0 aliphatic carbocycles.